The van der Waals surface area contributed by atoms with Crippen LogP contribution in [0.25, 0.3) is 0 Å². The van der Waals surface area contributed by atoms with Crippen molar-refractivity contribution < 1.29 is 5.11 Å². The highest BCUT2D eigenvalue weighted by Crippen LogP contribution is 2.47. The van der Waals surface area contributed by atoms with E-state index in [1.807, 2.05) is 13.8 Å². The monoisotopic (exact) mass is 311 g/mol. The van der Waals surface area contributed by atoms with Crippen molar-refractivity contribution >= 4 is 0 Å². The summed E-state index contributed by atoms with van der Waals surface area (Å²) in [7, 11) is 0. The van der Waals surface area contributed by atoms with Crippen LogP contribution in [0, 0.1) is 11.3 Å². The Morgan fingerprint density at radius 1 is 0.909 bits per heavy atom. The van der Waals surface area contributed by atoms with Crippen LogP contribution in [-0.2, 0) is 0 Å². The van der Waals surface area contributed by atoms with Crippen LogP contribution in [0.4, 0.5) is 0 Å². The molecule has 2 heteroatoms. The molecule has 1 N–H and O–H groups in total. The van der Waals surface area contributed by atoms with Crippen LogP contribution in [-0.4, -0.2) is 35.2 Å². The lowest BCUT2D eigenvalue weighted by molar-refractivity contribution is 0.0163. The Hall–Kier alpha value is -0.0800. The van der Waals surface area contributed by atoms with E-state index < -0.39 is 0 Å². The number of hydrogen-bond acceptors (Lipinski definition) is 2. The van der Waals surface area contributed by atoms with Crippen LogP contribution < -0.4 is 0 Å². The first-order chi connectivity index (χ1) is 10.5. The zero-order chi connectivity index (χ0) is 16.6. The van der Waals surface area contributed by atoms with Gasteiger partial charge in [0.05, 0.1) is 0 Å². The van der Waals surface area contributed by atoms with Gasteiger partial charge in [-0.15, -0.1) is 0 Å². The van der Waals surface area contributed by atoms with Gasteiger partial charge in [0.1, 0.15) is 0 Å². The van der Waals surface area contributed by atoms with Gasteiger partial charge in [0.15, 0.2) is 0 Å². The van der Waals surface area contributed by atoms with Crippen LogP contribution in [0.5, 0.6) is 0 Å². The second-order valence-corrected chi connectivity index (χ2v) is 7.90. The van der Waals surface area contributed by atoms with Gasteiger partial charge < -0.3 is 10.0 Å². The lowest BCUT2D eigenvalue weighted by atomic mass is 9.65. The molecule has 0 bridgehead atoms. The first-order valence-electron chi connectivity index (χ1n) is 9.93. The van der Waals surface area contributed by atoms with E-state index in [4.69, 9.17) is 5.11 Å². The number of nitrogens with zero attached hydrogens (tertiary/aromatic N) is 1. The lowest BCUT2D eigenvalue weighted by Crippen LogP contribution is -2.48. The van der Waals surface area contributed by atoms with E-state index in [1.165, 1.54) is 70.9 Å². The highest BCUT2D eigenvalue weighted by Gasteiger charge is 2.39. The molecular weight excluding hydrogens is 270 g/mol. The number of aliphatic hydroxyl groups is 1. The smallest absolute Gasteiger partial charge is 0.0483 e. The molecule has 0 aromatic heterocycles. The van der Waals surface area contributed by atoms with Gasteiger partial charge in [0.2, 0.25) is 0 Å². The minimum atomic E-state index is -0.167. The summed E-state index contributed by atoms with van der Waals surface area (Å²) in [6, 6.07) is 0.986. The zero-order valence-corrected chi connectivity index (χ0v) is 15.9. The van der Waals surface area contributed by atoms with Gasteiger partial charge in [0.25, 0.3) is 0 Å². The maximum atomic E-state index is 8.06. The molecule has 3 rings (SSSR count). The van der Waals surface area contributed by atoms with Crippen LogP contribution in [0.3, 0.4) is 0 Å². The molecule has 0 amide bonds. The van der Waals surface area contributed by atoms with Gasteiger partial charge in [-0.3, -0.25) is 0 Å². The van der Waals surface area contributed by atoms with Crippen molar-refractivity contribution in [1.29, 1.82) is 0 Å². The molecule has 0 aromatic rings. The molecule has 0 aromatic carbocycles. The van der Waals surface area contributed by atoms with Crippen molar-refractivity contribution in [3.8, 4) is 0 Å². The fraction of sp³-hybridized carbons (Fsp3) is 1.00. The average molecular weight is 312 g/mol. The number of rotatable bonds is 1. The zero-order valence-electron chi connectivity index (χ0n) is 15.9. The molecule has 1 aliphatic heterocycles. The van der Waals surface area contributed by atoms with Crippen molar-refractivity contribution in [2.75, 3.05) is 13.1 Å². The topological polar surface area (TPSA) is 23.5 Å². The van der Waals surface area contributed by atoms with E-state index in [1.54, 1.807) is 13.8 Å². The molecule has 0 atom stereocenters. The first kappa shape index (κ1) is 20.0. The summed E-state index contributed by atoms with van der Waals surface area (Å²) in [5, 5.41) is 8.06. The summed E-state index contributed by atoms with van der Waals surface area (Å²) in [4.78, 5) is 2.80. The van der Waals surface area contributed by atoms with Gasteiger partial charge in [-0.1, -0.05) is 40.0 Å². The SMILES string of the molecule is CC.CC(C)O.CC1CCC2(CC1)CCN(C1CCC1)CC2. The normalized spacial score (nSPS) is 25.8. The predicted molar refractivity (Wildman–Crippen MR) is 97.2 cm³/mol. The molecule has 2 nitrogen and oxygen atoms in total. The van der Waals surface area contributed by atoms with Gasteiger partial charge >= 0.3 is 0 Å². The largest absolute Gasteiger partial charge is 0.394 e. The maximum Gasteiger partial charge on any atom is 0.0483 e. The average Bonchev–Trinajstić information content (AvgIpc) is 2.45. The molecule has 2 saturated carbocycles. The van der Waals surface area contributed by atoms with Crippen LogP contribution in [0.15, 0.2) is 0 Å². The molecule has 3 fully saturated rings. The van der Waals surface area contributed by atoms with Crippen molar-refractivity contribution in [3.05, 3.63) is 0 Å². The highest BCUT2D eigenvalue weighted by atomic mass is 16.3. The number of piperidine rings is 1. The summed E-state index contributed by atoms with van der Waals surface area (Å²) in [6.07, 6.45) is 13.4. The van der Waals surface area contributed by atoms with E-state index in [2.05, 4.69) is 11.8 Å². The van der Waals surface area contributed by atoms with Crippen molar-refractivity contribution in [3.63, 3.8) is 0 Å². The third-order valence-corrected chi connectivity index (χ3v) is 5.78. The Morgan fingerprint density at radius 3 is 1.73 bits per heavy atom. The van der Waals surface area contributed by atoms with E-state index in [0.29, 0.717) is 0 Å². The van der Waals surface area contributed by atoms with Gasteiger partial charge in [-0.05, 0) is 76.8 Å². The molecule has 22 heavy (non-hydrogen) atoms. The fourth-order valence-electron chi connectivity index (χ4n) is 3.99. The lowest BCUT2D eigenvalue weighted by Gasteiger charge is -2.49. The third-order valence-electron chi connectivity index (χ3n) is 5.78. The molecular formula is C20H41NO. The molecule has 1 saturated heterocycles. The van der Waals surface area contributed by atoms with Crippen molar-refractivity contribution in [2.24, 2.45) is 11.3 Å². The molecule has 3 aliphatic rings. The molecule has 0 unspecified atom stereocenters. The van der Waals surface area contributed by atoms with E-state index in [-0.39, 0.29) is 6.10 Å². The first-order valence-corrected chi connectivity index (χ1v) is 9.93. The Bertz CT molecular complexity index is 265. The minimum Gasteiger partial charge on any atom is -0.394 e. The quantitative estimate of drug-likeness (QED) is 0.715. The molecule has 1 spiro atoms. The minimum absolute atomic E-state index is 0.167. The van der Waals surface area contributed by atoms with Gasteiger partial charge in [-0.25, -0.2) is 0 Å². The third kappa shape index (κ3) is 6.20. The Kier molecular flexibility index (Phi) is 9.01. The second kappa shape index (κ2) is 9.93. The van der Waals surface area contributed by atoms with Crippen LogP contribution in [0.2, 0.25) is 0 Å². The van der Waals surface area contributed by atoms with Gasteiger partial charge in [0, 0.05) is 12.1 Å². The summed E-state index contributed by atoms with van der Waals surface area (Å²) in [5.74, 6) is 1.01. The molecule has 0 radical (unpaired) electrons. The van der Waals surface area contributed by atoms with E-state index in [9.17, 15) is 0 Å². The number of hydrogen-bond donors (Lipinski definition) is 1. The fourth-order valence-corrected chi connectivity index (χ4v) is 3.99. The van der Waals surface area contributed by atoms with Crippen molar-refractivity contribution in [2.45, 2.75) is 105 Å². The van der Waals surface area contributed by atoms with E-state index >= 15 is 0 Å². The number of likely N-dealkylation sites (tertiary alicyclic amines) is 1. The van der Waals surface area contributed by atoms with Crippen molar-refractivity contribution in [1.82, 2.24) is 4.90 Å². The predicted octanol–water partition coefficient (Wildman–Crippen LogP) is 5.24. The van der Waals surface area contributed by atoms with E-state index in [0.717, 1.165) is 17.4 Å². The van der Waals surface area contributed by atoms with Gasteiger partial charge in [-0.2, -0.15) is 0 Å². The number of aliphatic hydroxyl groups excluding tert-OH is 1. The summed E-state index contributed by atoms with van der Waals surface area (Å²) < 4.78 is 0. The second-order valence-electron chi connectivity index (χ2n) is 7.90. The Morgan fingerprint density at radius 2 is 1.36 bits per heavy atom. The Balaban J connectivity index is 0.000000354. The summed E-state index contributed by atoms with van der Waals surface area (Å²) in [6.45, 7) is 12.7. The summed E-state index contributed by atoms with van der Waals surface area (Å²) in [5.41, 5.74) is 0.784. The molecule has 132 valence electrons. The summed E-state index contributed by atoms with van der Waals surface area (Å²) >= 11 is 0. The maximum absolute atomic E-state index is 8.06. The highest BCUT2D eigenvalue weighted by molar-refractivity contribution is 4.92. The Labute approximate surface area is 139 Å². The standard InChI is InChI=1S/C15H27N.C3H8O.C2H6/c1-13-5-7-15(8-6-13)9-11-16(12-10-15)14-3-2-4-14;1-3(2)4;1-2/h13-14H,2-12H2,1H3;3-4H,1-2H3;1-2H3. The van der Waals surface area contributed by atoms with Crippen LogP contribution >= 0.6 is 0 Å². The van der Waals surface area contributed by atoms with Crippen LogP contribution in [0.1, 0.15) is 92.4 Å². The molecule has 2 aliphatic carbocycles. The molecule has 1 heterocycles.